The molecule has 0 unspecified atom stereocenters. The summed E-state index contributed by atoms with van der Waals surface area (Å²) in [7, 11) is 0. The molecule has 0 spiro atoms. The number of hydrogen-bond acceptors (Lipinski definition) is 4. The first-order valence-electron chi connectivity index (χ1n) is 10.5. The van der Waals surface area contributed by atoms with E-state index in [4.69, 9.17) is 11.6 Å². The molecule has 170 valence electrons. The lowest BCUT2D eigenvalue weighted by atomic mass is 10.1. The number of aromatic amines is 1. The molecule has 0 aliphatic rings. The molecule has 1 amide bonds. The zero-order valence-electron chi connectivity index (χ0n) is 17.8. The highest BCUT2D eigenvalue weighted by Gasteiger charge is 2.19. The number of hydrogen-bond donors (Lipinski definition) is 2. The van der Waals surface area contributed by atoms with Gasteiger partial charge in [0.05, 0.1) is 5.75 Å². The number of H-pyrrole nitrogens is 1. The van der Waals surface area contributed by atoms with E-state index in [0.717, 1.165) is 27.7 Å². The van der Waals surface area contributed by atoms with E-state index in [-0.39, 0.29) is 17.5 Å². The number of carbonyl (C=O) groups is 1. The lowest BCUT2D eigenvalue weighted by Gasteiger charge is -2.10. The van der Waals surface area contributed by atoms with Crippen LogP contribution in [0.3, 0.4) is 0 Å². The molecular formula is C25H19ClFN5OS. The number of rotatable bonds is 7. The fourth-order valence-electron chi connectivity index (χ4n) is 3.60. The molecule has 0 saturated heterocycles. The van der Waals surface area contributed by atoms with Gasteiger partial charge in [-0.15, -0.1) is 10.2 Å². The fraction of sp³-hybridized carbons (Fsp3) is 0.0800. The van der Waals surface area contributed by atoms with Gasteiger partial charge < -0.3 is 10.3 Å². The molecule has 0 fully saturated rings. The summed E-state index contributed by atoms with van der Waals surface area (Å²) in [6.07, 6.45) is 1.91. The van der Waals surface area contributed by atoms with E-state index in [1.54, 1.807) is 24.3 Å². The average molecular weight is 492 g/mol. The molecule has 2 heterocycles. The van der Waals surface area contributed by atoms with Crippen LogP contribution in [0, 0.1) is 5.82 Å². The van der Waals surface area contributed by atoms with Gasteiger partial charge in [-0.05, 0) is 48.0 Å². The van der Waals surface area contributed by atoms with E-state index in [1.807, 2.05) is 47.2 Å². The van der Waals surface area contributed by atoms with Crippen molar-refractivity contribution in [1.29, 1.82) is 0 Å². The molecule has 2 N–H and O–H groups in total. The van der Waals surface area contributed by atoms with Gasteiger partial charge >= 0.3 is 0 Å². The van der Waals surface area contributed by atoms with Crippen LogP contribution in [0.5, 0.6) is 0 Å². The van der Waals surface area contributed by atoms with E-state index < -0.39 is 0 Å². The van der Waals surface area contributed by atoms with Crippen LogP contribution in [0.2, 0.25) is 5.02 Å². The van der Waals surface area contributed by atoms with Crippen molar-refractivity contribution in [3.8, 4) is 17.1 Å². The topological polar surface area (TPSA) is 75.6 Å². The number of carbonyl (C=O) groups excluding carboxylic acids is 1. The Labute approximate surface area is 204 Å². The lowest BCUT2D eigenvalue weighted by Crippen LogP contribution is -2.24. The summed E-state index contributed by atoms with van der Waals surface area (Å²) in [5.74, 6) is 0.349. The summed E-state index contributed by atoms with van der Waals surface area (Å²) in [6, 6.07) is 21.4. The highest BCUT2D eigenvalue weighted by molar-refractivity contribution is 7.99. The van der Waals surface area contributed by atoms with Gasteiger partial charge in [-0.2, -0.15) is 0 Å². The van der Waals surface area contributed by atoms with Crippen LogP contribution in [0.1, 0.15) is 5.56 Å². The van der Waals surface area contributed by atoms with Crippen LogP contribution < -0.4 is 5.32 Å². The lowest BCUT2D eigenvalue weighted by molar-refractivity contribution is -0.118. The second-order valence-electron chi connectivity index (χ2n) is 7.56. The zero-order chi connectivity index (χ0) is 23.5. The van der Waals surface area contributed by atoms with E-state index >= 15 is 0 Å². The largest absolute Gasteiger partial charge is 0.360 e. The highest BCUT2D eigenvalue weighted by Crippen LogP contribution is 2.32. The summed E-state index contributed by atoms with van der Waals surface area (Å²) < 4.78 is 15.0. The Bertz CT molecular complexity index is 1450. The van der Waals surface area contributed by atoms with Crippen molar-refractivity contribution >= 4 is 40.2 Å². The van der Waals surface area contributed by atoms with Crippen molar-refractivity contribution in [2.24, 2.45) is 0 Å². The molecule has 5 aromatic rings. The number of nitrogens with zero attached hydrogens (tertiary/aromatic N) is 3. The third-order valence-electron chi connectivity index (χ3n) is 5.28. The van der Waals surface area contributed by atoms with Crippen LogP contribution in [0.25, 0.3) is 28.0 Å². The van der Waals surface area contributed by atoms with Crippen LogP contribution in [-0.4, -0.2) is 31.4 Å². The van der Waals surface area contributed by atoms with E-state index in [1.165, 1.54) is 23.9 Å². The Morgan fingerprint density at radius 2 is 1.79 bits per heavy atom. The molecule has 34 heavy (non-hydrogen) atoms. The number of benzene rings is 3. The third kappa shape index (κ3) is 4.69. The summed E-state index contributed by atoms with van der Waals surface area (Å²) in [4.78, 5) is 15.7. The predicted molar refractivity (Wildman–Crippen MR) is 133 cm³/mol. The first kappa shape index (κ1) is 22.2. The normalized spacial score (nSPS) is 11.1. The Kier molecular flexibility index (Phi) is 6.33. The number of aromatic nitrogens is 4. The maximum atomic E-state index is 13.1. The molecule has 0 radical (unpaired) electrons. The van der Waals surface area contributed by atoms with Gasteiger partial charge in [-0.1, -0.05) is 53.7 Å². The van der Waals surface area contributed by atoms with Gasteiger partial charge in [0.2, 0.25) is 5.91 Å². The molecule has 0 atom stereocenters. The smallest absolute Gasteiger partial charge is 0.230 e. The van der Waals surface area contributed by atoms with Crippen molar-refractivity contribution in [3.63, 3.8) is 0 Å². The minimum atomic E-state index is -0.307. The first-order chi connectivity index (χ1) is 16.6. The maximum absolute atomic E-state index is 13.1. The minimum absolute atomic E-state index is 0.154. The molecule has 2 aromatic heterocycles. The van der Waals surface area contributed by atoms with Crippen molar-refractivity contribution in [1.82, 2.24) is 25.1 Å². The molecule has 6 nitrogen and oxygen atoms in total. The molecule has 0 saturated carbocycles. The molecule has 0 bridgehead atoms. The zero-order valence-corrected chi connectivity index (χ0v) is 19.4. The Morgan fingerprint density at radius 3 is 2.59 bits per heavy atom. The van der Waals surface area contributed by atoms with Gasteiger partial charge in [-0.3, -0.25) is 9.36 Å². The SMILES string of the molecule is O=C(CSc1nnc(-c2c[nH]c3ccccc23)n1-c1ccc(Cl)cc1)NCc1ccc(F)cc1. The summed E-state index contributed by atoms with van der Waals surface area (Å²) in [6.45, 7) is 0.324. The van der Waals surface area contributed by atoms with E-state index in [9.17, 15) is 9.18 Å². The Morgan fingerprint density at radius 1 is 1.03 bits per heavy atom. The van der Waals surface area contributed by atoms with Gasteiger partial charge in [0.1, 0.15) is 5.82 Å². The average Bonchev–Trinajstić information content (AvgIpc) is 3.47. The number of para-hydroxylation sites is 1. The first-order valence-corrected chi connectivity index (χ1v) is 11.9. The van der Waals surface area contributed by atoms with Crippen molar-refractivity contribution in [2.45, 2.75) is 11.7 Å². The number of amides is 1. The van der Waals surface area contributed by atoms with E-state index in [2.05, 4.69) is 20.5 Å². The molecular weight excluding hydrogens is 473 g/mol. The summed E-state index contributed by atoms with van der Waals surface area (Å²) in [5.41, 5.74) is 3.57. The standard InChI is InChI=1S/C25H19ClFN5OS/c26-17-7-11-19(12-8-17)32-24(21-14-28-22-4-2-1-3-20(21)22)30-31-25(32)34-15-23(33)29-13-16-5-9-18(27)10-6-16/h1-12,14,28H,13,15H2,(H,29,33). The van der Waals surface area contributed by atoms with Crippen molar-refractivity contribution < 1.29 is 9.18 Å². The van der Waals surface area contributed by atoms with Gasteiger partial charge in [0, 0.05) is 39.9 Å². The number of nitrogens with one attached hydrogen (secondary N) is 2. The molecule has 3 aromatic carbocycles. The second-order valence-corrected chi connectivity index (χ2v) is 8.94. The Hall–Kier alpha value is -3.62. The molecule has 5 rings (SSSR count). The van der Waals surface area contributed by atoms with Crippen LogP contribution in [0.4, 0.5) is 4.39 Å². The predicted octanol–water partition coefficient (Wildman–Crippen LogP) is 5.62. The molecule has 0 aliphatic heterocycles. The number of halogens is 2. The van der Waals surface area contributed by atoms with Crippen LogP contribution in [0.15, 0.2) is 84.1 Å². The van der Waals surface area contributed by atoms with Gasteiger partial charge in [0.25, 0.3) is 0 Å². The summed E-state index contributed by atoms with van der Waals surface area (Å²) >= 11 is 7.39. The fourth-order valence-corrected chi connectivity index (χ4v) is 4.51. The van der Waals surface area contributed by atoms with E-state index in [0.29, 0.717) is 22.5 Å². The van der Waals surface area contributed by atoms with Crippen LogP contribution in [-0.2, 0) is 11.3 Å². The second kappa shape index (κ2) is 9.70. The number of thioether (sulfide) groups is 1. The van der Waals surface area contributed by atoms with Gasteiger partial charge in [-0.25, -0.2) is 4.39 Å². The monoisotopic (exact) mass is 491 g/mol. The van der Waals surface area contributed by atoms with Crippen molar-refractivity contribution in [3.05, 3.63) is 95.4 Å². The number of fused-ring (bicyclic) bond motifs is 1. The molecule has 0 aliphatic carbocycles. The van der Waals surface area contributed by atoms with Gasteiger partial charge in [0.15, 0.2) is 11.0 Å². The highest BCUT2D eigenvalue weighted by atomic mass is 35.5. The summed E-state index contributed by atoms with van der Waals surface area (Å²) in [5, 5.41) is 13.9. The minimum Gasteiger partial charge on any atom is -0.360 e. The third-order valence-corrected chi connectivity index (χ3v) is 6.46. The maximum Gasteiger partial charge on any atom is 0.230 e. The van der Waals surface area contributed by atoms with Crippen LogP contribution >= 0.6 is 23.4 Å². The Balaban J connectivity index is 1.40. The quantitative estimate of drug-likeness (QED) is 0.290. The van der Waals surface area contributed by atoms with Crippen molar-refractivity contribution in [2.75, 3.05) is 5.75 Å². The molecule has 9 heteroatoms.